The van der Waals surface area contributed by atoms with Gasteiger partial charge in [0, 0.05) is 41.1 Å². The SMILES string of the molecule is Nc1nc(N)c2ccc(CNC(=O)c3cccc4c3ccn4CC3CCC3)cc2n1. The van der Waals surface area contributed by atoms with Crippen molar-refractivity contribution in [3.8, 4) is 0 Å². The molecule has 2 aromatic heterocycles. The van der Waals surface area contributed by atoms with Crippen LogP contribution in [0.4, 0.5) is 11.8 Å². The predicted octanol–water partition coefficient (Wildman–Crippen LogP) is 3.48. The van der Waals surface area contributed by atoms with Gasteiger partial charge in [-0.25, -0.2) is 4.98 Å². The van der Waals surface area contributed by atoms with Crippen LogP contribution in [-0.2, 0) is 13.1 Å². The molecule has 1 aliphatic carbocycles. The maximum absolute atomic E-state index is 12.9. The number of benzene rings is 2. The summed E-state index contributed by atoms with van der Waals surface area (Å²) in [5.74, 6) is 1.16. The number of nitrogen functional groups attached to an aromatic ring is 2. The van der Waals surface area contributed by atoms with Crippen LogP contribution in [0.25, 0.3) is 21.8 Å². The van der Waals surface area contributed by atoms with Crippen LogP contribution >= 0.6 is 0 Å². The minimum absolute atomic E-state index is 0.0937. The van der Waals surface area contributed by atoms with Gasteiger partial charge in [0.2, 0.25) is 5.95 Å². The molecule has 4 aromatic rings. The number of anilines is 2. The maximum Gasteiger partial charge on any atom is 0.252 e. The van der Waals surface area contributed by atoms with E-state index in [1.165, 1.54) is 19.3 Å². The van der Waals surface area contributed by atoms with Gasteiger partial charge < -0.3 is 21.4 Å². The molecule has 152 valence electrons. The van der Waals surface area contributed by atoms with Crippen LogP contribution in [0.3, 0.4) is 0 Å². The van der Waals surface area contributed by atoms with Crippen LogP contribution in [0.15, 0.2) is 48.7 Å². The van der Waals surface area contributed by atoms with Gasteiger partial charge in [-0.1, -0.05) is 18.6 Å². The van der Waals surface area contributed by atoms with Crippen molar-refractivity contribution in [2.45, 2.75) is 32.4 Å². The number of carbonyl (C=O) groups is 1. The number of nitrogens with two attached hydrogens (primary N) is 2. The molecule has 1 amide bonds. The highest BCUT2D eigenvalue weighted by Crippen LogP contribution is 2.30. The fourth-order valence-corrected chi connectivity index (χ4v) is 4.14. The molecular formula is C23H24N6O. The average molecular weight is 400 g/mol. The minimum atomic E-state index is -0.0937. The summed E-state index contributed by atoms with van der Waals surface area (Å²) < 4.78 is 2.27. The van der Waals surface area contributed by atoms with E-state index in [1.54, 1.807) is 0 Å². The van der Waals surface area contributed by atoms with Gasteiger partial charge in [-0.15, -0.1) is 0 Å². The molecule has 0 atom stereocenters. The molecule has 2 aromatic carbocycles. The van der Waals surface area contributed by atoms with Crippen molar-refractivity contribution in [3.05, 3.63) is 59.8 Å². The highest BCUT2D eigenvalue weighted by Gasteiger charge is 2.19. The van der Waals surface area contributed by atoms with Gasteiger partial charge in [0.05, 0.1) is 5.52 Å². The number of rotatable bonds is 5. The molecule has 5 N–H and O–H groups in total. The molecule has 0 aliphatic heterocycles. The van der Waals surface area contributed by atoms with E-state index in [-0.39, 0.29) is 11.9 Å². The molecule has 0 spiro atoms. The van der Waals surface area contributed by atoms with Gasteiger partial charge in [0.15, 0.2) is 0 Å². The fourth-order valence-electron chi connectivity index (χ4n) is 4.14. The topological polar surface area (TPSA) is 112 Å². The third-order valence-corrected chi connectivity index (χ3v) is 6.00. The van der Waals surface area contributed by atoms with Crippen molar-refractivity contribution < 1.29 is 4.79 Å². The molecular weight excluding hydrogens is 376 g/mol. The second-order valence-electron chi connectivity index (χ2n) is 8.00. The first kappa shape index (κ1) is 18.4. The van der Waals surface area contributed by atoms with E-state index in [1.807, 2.05) is 36.4 Å². The number of hydrogen-bond donors (Lipinski definition) is 3. The average Bonchev–Trinajstić information content (AvgIpc) is 3.11. The lowest BCUT2D eigenvalue weighted by atomic mass is 9.85. The third-order valence-electron chi connectivity index (χ3n) is 6.00. The number of nitrogens with one attached hydrogen (secondary N) is 1. The van der Waals surface area contributed by atoms with Crippen molar-refractivity contribution in [1.29, 1.82) is 0 Å². The second kappa shape index (κ2) is 7.33. The number of nitrogens with zero attached hydrogens (tertiary/aromatic N) is 3. The number of carbonyl (C=O) groups excluding carboxylic acids is 1. The Balaban J connectivity index is 1.35. The van der Waals surface area contributed by atoms with Gasteiger partial charge in [-0.05, 0) is 54.7 Å². The lowest BCUT2D eigenvalue weighted by Crippen LogP contribution is -2.23. The Labute approximate surface area is 174 Å². The van der Waals surface area contributed by atoms with Crippen LogP contribution in [0.1, 0.15) is 35.2 Å². The van der Waals surface area contributed by atoms with Crippen molar-refractivity contribution in [2.75, 3.05) is 11.5 Å². The van der Waals surface area contributed by atoms with Crippen LogP contribution in [0, 0.1) is 5.92 Å². The standard InChI is InChI=1S/C23H24N6O/c24-21-18-8-7-15(11-19(18)27-23(25)28-21)12-26-22(30)17-5-2-6-20-16(17)9-10-29(20)13-14-3-1-4-14/h2,5-11,14H,1,3-4,12-13H2,(H,26,30)(H4,24,25,27,28). The number of aromatic nitrogens is 3. The molecule has 1 fully saturated rings. The minimum Gasteiger partial charge on any atom is -0.383 e. The van der Waals surface area contributed by atoms with Crippen LogP contribution < -0.4 is 16.8 Å². The van der Waals surface area contributed by atoms with Gasteiger partial charge >= 0.3 is 0 Å². The largest absolute Gasteiger partial charge is 0.383 e. The molecule has 0 unspecified atom stereocenters. The quantitative estimate of drug-likeness (QED) is 0.475. The summed E-state index contributed by atoms with van der Waals surface area (Å²) in [5.41, 5.74) is 15.0. The van der Waals surface area contributed by atoms with E-state index >= 15 is 0 Å². The zero-order chi connectivity index (χ0) is 20.7. The Kier molecular flexibility index (Phi) is 4.50. The van der Waals surface area contributed by atoms with E-state index < -0.39 is 0 Å². The van der Waals surface area contributed by atoms with E-state index in [0.717, 1.165) is 34.3 Å². The first-order valence-electron chi connectivity index (χ1n) is 10.3. The molecule has 30 heavy (non-hydrogen) atoms. The van der Waals surface area contributed by atoms with Crippen molar-refractivity contribution in [2.24, 2.45) is 5.92 Å². The van der Waals surface area contributed by atoms with Crippen LogP contribution in [-0.4, -0.2) is 20.4 Å². The molecule has 1 saturated carbocycles. The molecule has 7 nitrogen and oxygen atoms in total. The van der Waals surface area contributed by atoms with Crippen molar-refractivity contribution in [3.63, 3.8) is 0 Å². The molecule has 2 heterocycles. The molecule has 0 saturated heterocycles. The highest BCUT2D eigenvalue weighted by molar-refractivity contribution is 6.06. The summed E-state index contributed by atoms with van der Waals surface area (Å²) in [6, 6.07) is 13.6. The van der Waals surface area contributed by atoms with E-state index in [0.29, 0.717) is 23.4 Å². The van der Waals surface area contributed by atoms with Crippen LogP contribution in [0.2, 0.25) is 0 Å². The Morgan fingerprint density at radius 3 is 2.77 bits per heavy atom. The smallest absolute Gasteiger partial charge is 0.252 e. The Hall–Kier alpha value is -3.61. The number of fused-ring (bicyclic) bond motifs is 2. The van der Waals surface area contributed by atoms with E-state index in [4.69, 9.17) is 11.5 Å². The van der Waals surface area contributed by atoms with E-state index in [2.05, 4.69) is 32.1 Å². The summed E-state index contributed by atoms with van der Waals surface area (Å²) in [6.45, 7) is 1.41. The summed E-state index contributed by atoms with van der Waals surface area (Å²) in [4.78, 5) is 21.1. The molecule has 1 aliphatic rings. The second-order valence-corrected chi connectivity index (χ2v) is 8.00. The maximum atomic E-state index is 12.9. The first-order valence-corrected chi connectivity index (χ1v) is 10.3. The van der Waals surface area contributed by atoms with E-state index in [9.17, 15) is 4.79 Å². The third kappa shape index (κ3) is 3.32. The Bertz CT molecular complexity index is 1260. The van der Waals surface area contributed by atoms with Gasteiger partial charge in [-0.3, -0.25) is 4.79 Å². The van der Waals surface area contributed by atoms with Crippen molar-refractivity contribution >= 4 is 39.5 Å². The van der Waals surface area contributed by atoms with Crippen molar-refractivity contribution in [1.82, 2.24) is 19.9 Å². The van der Waals surface area contributed by atoms with Gasteiger partial charge in [-0.2, -0.15) is 4.98 Å². The zero-order valence-corrected chi connectivity index (χ0v) is 16.6. The molecule has 7 heteroatoms. The Morgan fingerprint density at radius 2 is 1.97 bits per heavy atom. The zero-order valence-electron chi connectivity index (χ0n) is 16.6. The molecule has 0 bridgehead atoms. The summed E-state index contributed by atoms with van der Waals surface area (Å²) in [5, 5.41) is 4.75. The molecule has 5 rings (SSSR count). The Morgan fingerprint density at radius 1 is 1.10 bits per heavy atom. The highest BCUT2D eigenvalue weighted by atomic mass is 16.1. The predicted molar refractivity (Wildman–Crippen MR) is 119 cm³/mol. The van der Waals surface area contributed by atoms with Crippen LogP contribution in [0.5, 0.6) is 0 Å². The summed E-state index contributed by atoms with van der Waals surface area (Å²) in [6.07, 6.45) is 6.02. The lowest BCUT2D eigenvalue weighted by Gasteiger charge is -2.26. The summed E-state index contributed by atoms with van der Waals surface area (Å²) >= 11 is 0. The van der Waals surface area contributed by atoms with Gasteiger partial charge in [0.25, 0.3) is 5.91 Å². The number of hydrogen-bond acceptors (Lipinski definition) is 5. The van der Waals surface area contributed by atoms with Gasteiger partial charge in [0.1, 0.15) is 5.82 Å². The molecule has 0 radical (unpaired) electrons. The summed E-state index contributed by atoms with van der Waals surface area (Å²) in [7, 11) is 0. The normalized spacial score (nSPS) is 14.1. The number of amides is 1. The monoisotopic (exact) mass is 400 g/mol. The fraction of sp³-hybridized carbons (Fsp3) is 0.261. The lowest BCUT2D eigenvalue weighted by molar-refractivity contribution is 0.0952. The first-order chi connectivity index (χ1) is 14.6.